The smallest absolute Gasteiger partial charge is 0.407 e. The van der Waals surface area contributed by atoms with Gasteiger partial charge in [0.05, 0.1) is 6.04 Å². The van der Waals surface area contributed by atoms with Crippen LogP contribution >= 0.6 is 15.9 Å². The molecule has 0 radical (unpaired) electrons. The highest BCUT2D eigenvalue weighted by Gasteiger charge is 2.39. The fourth-order valence-corrected chi connectivity index (χ4v) is 3.70. The van der Waals surface area contributed by atoms with E-state index >= 15 is 0 Å². The molecule has 0 aromatic rings. The number of ether oxygens (including phenoxy) is 1. The molecular formula is C11H18BrNO2. The molecule has 86 valence electrons. The lowest BCUT2D eigenvalue weighted by atomic mass is 9.84. The Morgan fingerprint density at radius 1 is 1.40 bits per heavy atom. The fraction of sp³-hybridized carbons (Fsp3) is 0.909. The summed E-state index contributed by atoms with van der Waals surface area (Å²) in [4.78, 5) is 11.5. The second-order valence-electron chi connectivity index (χ2n) is 4.62. The number of carbonyl (C=O) groups is 1. The molecule has 1 N–H and O–H groups in total. The van der Waals surface area contributed by atoms with E-state index in [1.165, 1.54) is 32.1 Å². The first-order valence-corrected chi connectivity index (χ1v) is 6.71. The van der Waals surface area contributed by atoms with Crippen molar-refractivity contribution in [2.75, 3.05) is 0 Å². The van der Waals surface area contributed by atoms with E-state index in [0.29, 0.717) is 10.7 Å². The second-order valence-corrected chi connectivity index (χ2v) is 5.68. The van der Waals surface area contributed by atoms with E-state index in [0.717, 1.165) is 0 Å². The van der Waals surface area contributed by atoms with Crippen molar-refractivity contribution in [2.24, 2.45) is 5.92 Å². The van der Waals surface area contributed by atoms with E-state index in [-0.39, 0.29) is 18.2 Å². The van der Waals surface area contributed by atoms with Gasteiger partial charge in [0, 0.05) is 4.83 Å². The summed E-state index contributed by atoms with van der Waals surface area (Å²) < 4.78 is 5.11. The number of nitrogens with one attached hydrogen (secondary N) is 1. The third-order valence-corrected chi connectivity index (χ3v) is 4.84. The van der Waals surface area contributed by atoms with Crippen LogP contribution in [0.2, 0.25) is 0 Å². The quantitative estimate of drug-likeness (QED) is 0.787. The molecule has 1 saturated heterocycles. The van der Waals surface area contributed by atoms with Crippen LogP contribution in [0.1, 0.15) is 39.0 Å². The average Bonchev–Trinajstić information content (AvgIpc) is 2.58. The number of rotatable bonds is 2. The molecule has 1 heterocycles. The van der Waals surface area contributed by atoms with Crippen LogP contribution in [0.25, 0.3) is 0 Å². The molecule has 0 aromatic carbocycles. The van der Waals surface area contributed by atoms with Crippen molar-refractivity contribution < 1.29 is 9.53 Å². The lowest BCUT2D eigenvalue weighted by Crippen LogP contribution is -2.42. The van der Waals surface area contributed by atoms with Gasteiger partial charge in [-0.2, -0.15) is 0 Å². The number of hydrogen-bond acceptors (Lipinski definition) is 2. The highest BCUT2D eigenvalue weighted by Crippen LogP contribution is 2.34. The minimum atomic E-state index is -0.271. The Balaban J connectivity index is 1.94. The summed E-state index contributed by atoms with van der Waals surface area (Å²) in [5, 5.41) is 2.89. The highest BCUT2D eigenvalue weighted by atomic mass is 79.9. The van der Waals surface area contributed by atoms with Gasteiger partial charge in [0.25, 0.3) is 0 Å². The molecule has 1 amide bonds. The molecule has 2 fully saturated rings. The van der Waals surface area contributed by atoms with Crippen LogP contribution in [0.3, 0.4) is 0 Å². The molecule has 15 heavy (non-hydrogen) atoms. The Kier molecular flexibility index (Phi) is 3.54. The normalized spacial score (nSPS) is 34.7. The first kappa shape index (κ1) is 11.2. The molecule has 3 atom stereocenters. The van der Waals surface area contributed by atoms with E-state index in [9.17, 15) is 4.79 Å². The molecular weight excluding hydrogens is 258 g/mol. The molecule has 1 aliphatic carbocycles. The summed E-state index contributed by atoms with van der Waals surface area (Å²) >= 11 is 3.74. The minimum absolute atomic E-state index is 0.0104. The van der Waals surface area contributed by atoms with Crippen molar-refractivity contribution in [3.63, 3.8) is 0 Å². The number of carbonyl (C=O) groups excluding carboxylic acids is 1. The topological polar surface area (TPSA) is 38.3 Å². The third-order valence-electron chi connectivity index (χ3n) is 3.53. The first-order valence-electron chi connectivity index (χ1n) is 5.79. The number of cyclic esters (lactones) is 1. The second kappa shape index (κ2) is 4.73. The monoisotopic (exact) mass is 275 g/mol. The van der Waals surface area contributed by atoms with Gasteiger partial charge in [0.1, 0.15) is 6.10 Å². The van der Waals surface area contributed by atoms with Crippen molar-refractivity contribution in [1.29, 1.82) is 0 Å². The molecule has 0 spiro atoms. The minimum Gasteiger partial charge on any atom is -0.444 e. The summed E-state index contributed by atoms with van der Waals surface area (Å²) in [5.74, 6) is 0.688. The molecule has 2 rings (SSSR count). The maximum atomic E-state index is 11.1. The van der Waals surface area contributed by atoms with E-state index < -0.39 is 0 Å². The Morgan fingerprint density at radius 3 is 2.60 bits per heavy atom. The van der Waals surface area contributed by atoms with Gasteiger partial charge in [-0.15, -0.1) is 0 Å². The predicted molar refractivity (Wildman–Crippen MR) is 62.2 cm³/mol. The zero-order chi connectivity index (χ0) is 10.8. The van der Waals surface area contributed by atoms with Crippen LogP contribution in [0.15, 0.2) is 0 Å². The predicted octanol–water partition coefficient (Wildman–Crippen LogP) is 2.83. The highest BCUT2D eigenvalue weighted by molar-refractivity contribution is 9.09. The van der Waals surface area contributed by atoms with Crippen molar-refractivity contribution in [3.05, 3.63) is 0 Å². The number of hydrogen-bond donors (Lipinski definition) is 1. The zero-order valence-electron chi connectivity index (χ0n) is 9.04. The molecule has 2 aliphatic rings. The molecule has 0 unspecified atom stereocenters. The van der Waals surface area contributed by atoms with Gasteiger partial charge in [-0.25, -0.2) is 4.79 Å². The summed E-state index contributed by atoms with van der Waals surface area (Å²) in [5.41, 5.74) is 0. The van der Waals surface area contributed by atoms with E-state index in [1.54, 1.807) is 0 Å². The van der Waals surface area contributed by atoms with Crippen LogP contribution in [0.5, 0.6) is 0 Å². The van der Waals surface area contributed by atoms with Crippen molar-refractivity contribution >= 4 is 22.0 Å². The lowest BCUT2D eigenvalue weighted by molar-refractivity contribution is 0.138. The SMILES string of the molecule is C[C@@H]1OC(=O)N[C@H]1[C@@H](Br)C1CCCCC1. The van der Waals surface area contributed by atoms with Gasteiger partial charge in [-0.3, -0.25) is 0 Å². The van der Waals surface area contributed by atoms with Gasteiger partial charge < -0.3 is 10.1 Å². The van der Waals surface area contributed by atoms with Gasteiger partial charge in [0.15, 0.2) is 0 Å². The fourth-order valence-electron chi connectivity index (χ4n) is 2.61. The Hall–Kier alpha value is -0.250. The lowest BCUT2D eigenvalue weighted by Gasteiger charge is -2.30. The summed E-state index contributed by atoms with van der Waals surface area (Å²) in [7, 11) is 0. The van der Waals surface area contributed by atoms with Gasteiger partial charge in [-0.1, -0.05) is 35.2 Å². The van der Waals surface area contributed by atoms with Crippen LogP contribution in [-0.2, 0) is 4.74 Å². The van der Waals surface area contributed by atoms with Crippen LogP contribution in [0, 0.1) is 5.92 Å². The third kappa shape index (κ3) is 2.47. The van der Waals surface area contributed by atoms with Gasteiger partial charge in [-0.05, 0) is 25.7 Å². The van der Waals surface area contributed by atoms with Crippen molar-refractivity contribution in [2.45, 2.75) is 56.0 Å². The van der Waals surface area contributed by atoms with E-state index in [2.05, 4.69) is 21.2 Å². The van der Waals surface area contributed by atoms with Gasteiger partial charge >= 0.3 is 6.09 Å². The largest absolute Gasteiger partial charge is 0.444 e. The molecule has 0 bridgehead atoms. The molecule has 1 saturated carbocycles. The van der Waals surface area contributed by atoms with E-state index in [4.69, 9.17) is 4.74 Å². The standard InChI is InChI=1S/C11H18BrNO2/c1-7-10(13-11(14)15-7)9(12)8-5-3-2-4-6-8/h7-10H,2-6H2,1H3,(H,13,14)/t7-,9-,10+/m0/s1. The molecule has 0 aromatic heterocycles. The number of halogens is 1. The maximum absolute atomic E-state index is 11.1. The van der Waals surface area contributed by atoms with Crippen molar-refractivity contribution in [3.8, 4) is 0 Å². The van der Waals surface area contributed by atoms with Crippen LogP contribution in [0.4, 0.5) is 4.79 Å². The number of alkyl carbamates (subject to hydrolysis) is 1. The summed E-state index contributed by atoms with van der Waals surface area (Å²) in [6.07, 6.45) is 6.27. The Bertz CT molecular complexity index is 241. The average molecular weight is 276 g/mol. The summed E-state index contributed by atoms with van der Waals surface area (Å²) in [6, 6.07) is 0.139. The number of amides is 1. The number of alkyl halides is 1. The van der Waals surface area contributed by atoms with E-state index in [1.807, 2.05) is 6.92 Å². The van der Waals surface area contributed by atoms with Crippen LogP contribution < -0.4 is 5.32 Å². The zero-order valence-corrected chi connectivity index (χ0v) is 10.6. The van der Waals surface area contributed by atoms with Gasteiger partial charge in [0.2, 0.25) is 0 Å². The maximum Gasteiger partial charge on any atom is 0.407 e. The Morgan fingerprint density at radius 2 is 2.07 bits per heavy atom. The molecule has 4 heteroatoms. The Labute approximate surface area is 99.1 Å². The van der Waals surface area contributed by atoms with Crippen molar-refractivity contribution in [1.82, 2.24) is 5.32 Å². The first-order chi connectivity index (χ1) is 7.18. The molecule has 3 nitrogen and oxygen atoms in total. The molecule has 1 aliphatic heterocycles. The van der Waals surface area contributed by atoms with Crippen LogP contribution in [-0.4, -0.2) is 23.1 Å². The summed E-state index contributed by atoms with van der Waals surface area (Å²) in [6.45, 7) is 1.96.